The van der Waals surface area contributed by atoms with E-state index in [0.717, 1.165) is 44.2 Å². The molecule has 248 valence electrons. The standard InChI is InChI=1S/C33H24F9NO4/c1-30(2,29(45)46)47-22-14-20(13-21(34)16-22)31(17-18-7-4-3-5-8-18,19-11-12-25(35)24(15-19)32(37,38)39)43-28(44)23-9-6-10-26(36)27(23)33(40,41)42/h3-16H,17H2,1-2H3,(H,43,44)(H,45,46). The molecule has 0 fully saturated rings. The van der Waals surface area contributed by atoms with Crippen molar-refractivity contribution in [2.75, 3.05) is 0 Å². The summed E-state index contributed by atoms with van der Waals surface area (Å²) in [5.41, 5.74) is -10.2. The van der Waals surface area contributed by atoms with Crippen LogP contribution < -0.4 is 10.1 Å². The Morgan fingerprint density at radius 3 is 2.00 bits per heavy atom. The van der Waals surface area contributed by atoms with Gasteiger partial charge in [0.15, 0.2) is 5.60 Å². The van der Waals surface area contributed by atoms with Crippen LogP contribution in [0.4, 0.5) is 39.5 Å². The molecule has 47 heavy (non-hydrogen) atoms. The molecular weight excluding hydrogens is 645 g/mol. The first kappa shape index (κ1) is 34.9. The number of hydrogen-bond acceptors (Lipinski definition) is 3. The molecule has 0 heterocycles. The largest absolute Gasteiger partial charge is 0.478 e. The van der Waals surface area contributed by atoms with Crippen LogP contribution in [0.25, 0.3) is 0 Å². The Labute approximate surface area is 261 Å². The molecule has 0 aromatic heterocycles. The van der Waals surface area contributed by atoms with Crippen LogP contribution in [0, 0.1) is 17.5 Å². The van der Waals surface area contributed by atoms with E-state index in [4.69, 9.17) is 4.74 Å². The number of rotatable bonds is 9. The van der Waals surface area contributed by atoms with Gasteiger partial charge in [-0.1, -0.05) is 42.5 Å². The van der Waals surface area contributed by atoms with Crippen molar-refractivity contribution in [3.05, 3.63) is 136 Å². The quantitative estimate of drug-likeness (QED) is 0.176. The minimum absolute atomic E-state index is 0.249. The number of hydrogen-bond donors (Lipinski definition) is 2. The molecule has 0 aliphatic carbocycles. The molecule has 1 atom stereocenters. The number of carbonyl (C=O) groups is 2. The normalized spacial score (nSPS) is 13.5. The van der Waals surface area contributed by atoms with Gasteiger partial charge in [0.25, 0.3) is 5.91 Å². The monoisotopic (exact) mass is 669 g/mol. The number of carboxylic acids is 1. The van der Waals surface area contributed by atoms with E-state index in [1.165, 1.54) is 24.3 Å². The summed E-state index contributed by atoms with van der Waals surface area (Å²) < 4.78 is 133. The lowest BCUT2D eigenvalue weighted by atomic mass is 9.76. The summed E-state index contributed by atoms with van der Waals surface area (Å²) in [6.07, 6.45) is -11.3. The maximum Gasteiger partial charge on any atom is 0.420 e. The Kier molecular flexibility index (Phi) is 9.38. The van der Waals surface area contributed by atoms with Gasteiger partial charge in [0, 0.05) is 12.5 Å². The molecule has 0 saturated heterocycles. The number of carbonyl (C=O) groups excluding carboxylic acids is 1. The highest BCUT2D eigenvalue weighted by atomic mass is 19.4. The van der Waals surface area contributed by atoms with Gasteiger partial charge in [-0.25, -0.2) is 18.0 Å². The number of halogens is 9. The highest BCUT2D eigenvalue weighted by Gasteiger charge is 2.44. The molecule has 14 heteroatoms. The van der Waals surface area contributed by atoms with Crippen LogP contribution in [0.5, 0.6) is 5.75 Å². The van der Waals surface area contributed by atoms with Crippen LogP contribution in [-0.4, -0.2) is 22.6 Å². The van der Waals surface area contributed by atoms with Gasteiger partial charge in [-0.05, 0) is 66.9 Å². The van der Waals surface area contributed by atoms with Crippen LogP contribution in [0.15, 0.2) is 84.9 Å². The average molecular weight is 670 g/mol. The number of nitrogens with one attached hydrogen (secondary N) is 1. The van der Waals surface area contributed by atoms with Crippen molar-refractivity contribution in [3.63, 3.8) is 0 Å². The van der Waals surface area contributed by atoms with E-state index in [0.29, 0.717) is 24.3 Å². The summed E-state index contributed by atoms with van der Waals surface area (Å²) in [7, 11) is 0. The van der Waals surface area contributed by atoms with E-state index in [9.17, 15) is 49.8 Å². The fourth-order valence-corrected chi connectivity index (χ4v) is 4.94. The first-order valence-electron chi connectivity index (χ1n) is 13.6. The minimum atomic E-state index is -5.40. The fraction of sp³-hybridized carbons (Fsp3) is 0.212. The van der Waals surface area contributed by atoms with Crippen LogP contribution in [0.1, 0.15) is 52.0 Å². The Bertz CT molecular complexity index is 1800. The van der Waals surface area contributed by atoms with Crippen LogP contribution >= 0.6 is 0 Å². The summed E-state index contributed by atoms with van der Waals surface area (Å²) >= 11 is 0. The third kappa shape index (κ3) is 7.53. The van der Waals surface area contributed by atoms with E-state index in [2.05, 4.69) is 5.32 Å². The molecule has 0 saturated carbocycles. The van der Waals surface area contributed by atoms with Crippen LogP contribution in [0.2, 0.25) is 0 Å². The highest BCUT2D eigenvalue weighted by Crippen LogP contribution is 2.41. The van der Waals surface area contributed by atoms with Gasteiger partial charge in [0.05, 0.1) is 16.7 Å². The fourth-order valence-electron chi connectivity index (χ4n) is 4.94. The first-order chi connectivity index (χ1) is 21.7. The van der Waals surface area contributed by atoms with E-state index in [-0.39, 0.29) is 5.56 Å². The van der Waals surface area contributed by atoms with Crippen molar-refractivity contribution in [1.29, 1.82) is 0 Å². The van der Waals surface area contributed by atoms with E-state index >= 15 is 4.39 Å². The molecule has 0 aliphatic heterocycles. The summed E-state index contributed by atoms with van der Waals surface area (Å²) in [5, 5.41) is 11.8. The topological polar surface area (TPSA) is 75.6 Å². The second-order valence-electron chi connectivity index (χ2n) is 11.0. The molecule has 0 aliphatic rings. The van der Waals surface area contributed by atoms with Crippen molar-refractivity contribution in [1.82, 2.24) is 5.32 Å². The summed E-state index contributed by atoms with van der Waals surface area (Å²) in [6.45, 7) is 2.22. The minimum Gasteiger partial charge on any atom is -0.478 e. The van der Waals surface area contributed by atoms with Crippen molar-refractivity contribution in [3.8, 4) is 5.75 Å². The van der Waals surface area contributed by atoms with Crippen molar-refractivity contribution >= 4 is 11.9 Å². The molecule has 0 radical (unpaired) electrons. The third-order valence-electron chi connectivity index (χ3n) is 7.20. The molecule has 2 N–H and O–H groups in total. The number of benzene rings is 4. The predicted molar refractivity (Wildman–Crippen MR) is 150 cm³/mol. The molecule has 4 aromatic rings. The van der Waals surface area contributed by atoms with Gasteiger partial charge in [-0.15, -0.1) is 0 Å². The lowest BCUT2D eigenvalue weighted by Gasteiger charge is -2.37. The molecule has 1 amide bonds. The lowest BCUT2D eigenvalue weighted by molar-refractivity contribution is -0.152. The smallest absolute Gasteiger partial charge is 0.420 e. The van der Waals surface area contributed by atoms with Gasteiger partial charge in [-0.3, -0.25) is 4.79 Å². The Hall–Kier alpha value is -5.01. The number of alkyl halides is 6. The maximum absolute atomic E-state index is 15.3. The molecule has 0 bridgehead atoms. The number of amides is 1. The summed E-state index contributed by atoms with van der Waals surface area (Å²) in [4.78, 5) is 25.5. The van der Waals surface area contributed by atoms with E-state index in [1.54, 1.807) is 6.07 Å². The molecular formula is C33H24F9NO4. The van der Waals surface area contributed by atoms with Crippen molar-refractivity contribution in [2.45, 2.75) is 43.8 Å². The second-order valence-corrected chi connectivity index (χ2v) is 11.0. The number of ether oxygens (including phenoxy) is 1. The SMILES string of the molecule is CC(C)(Oc1cc(F)cc(C(Cc2ccccc2)(NC(=O)c2cccc(F)c2C(F)(F)F)c2ccc(F)c(C(F)(F)F)c2)c1)C(=O)O. The first-order valence-corrected chi connectivity index (χ1v) is 13.6. The zero-order valence-electron chi connectivity index (χ0n) is 24.4. The van der Waals surface area contributed by atoms with Crippen molar-refractivity contribution < 1.29 is 58.9 Å². The van der Waals surface area contributed by atoms with Gasteiger partial charge in [0.1, 0.15) is 28.8 Å². The number of aliphatic carboxylic acids is 1. The average Bonchev–Trinajstić information content (AvgIpc) is 2.95. The Morgan fingerprint density at radius 2 is 1.40 bits per heavy atom. The van der Waals surface area contributed by atoms with Gasteiger partial charge < -0.3 is 15.2 Å². The molecule has 4 rings (SSSR count). The molecule has 4 aromatic carbocycles. The molecule has 1 unspecified atom stereocenters. The van der Waals surface area contributed by atoms with E-state index in [1.807, 2.05) is 0 Å². The van der Waals surface area contributed by atoms with Gasteiger partial charge in [-0.2, -0.15) is 26.3 Å². The third-order valence-corrected chi connectivity index (χ3v) is 7.20. The van der Waals surface area contributed by atoms with Crippen LogP contribution in [0.3, 0.4) is 0 Å². The molecule has 0 spiro atoms. The van der Waals surface area contributed by atoms with E-state index < -0.39 is 92.8 Å². The Balaban J connectivity index is 2.09. The second kappa shape index (κ2) is 12.6. The molecule has 5 nitrogen and oxygen atoms in total. The zero-order chi connectivity index (χ0) is 34.9. The highest BCUT2D eigenvalue weighted by molar-refractivity contribution is 5.97. The number of carboxylic acid groups (broad SMARTS) is 1. The zero-order valence-corrected chi connectivity index (χ0v) is 24.4. The maximum atomic E-state index is 15.3. The summed E-state index contributed by atoms with van der Waals surface area (Å²) in [6, 6.07) is 13.3. The van der Waals surface area contributed by atoms with Gasteiger partial charge in [0.2, 0.25) is 0 Å². The lowest BCUT2D eigenvalue weighted by Crippen LogP contribution is -2.49. The predicted octanol–water partition coefficient (Wildman–Crippen LogP) is 8.30. The van der Waals surface area contributed by atoms with Gasteiger partial charge >= 0.3 is 18.3 Å². The van der Waals surface area contributed by atoms with Crippen LogP contribution in [-0.2, 0) is 29.1 Å². The van der Waals surface area contributed by atoms with Crippen molar-refractivity contribution in [2.24, 2.45) is 0 Å². The Morgan fingerprint density at radius 1 is 0.745 bits per heavy atom. The summed E-state index contributed by atoms with van der Waals surface area (Å²) in [5.74, 6) is -8.31.